The number of amides is 1. The monoisotopic (exact) mass is 255 g/mol. The Hall–Kier alpha value is -2.51. The van der Waals surface area contributed by atoms with Crippen molar-refractivity contribution in [2.75, 3.05) is 11.9 Å². The quantitative estimate of drug-likeness (QED) is 0.808. The van der Waals surface area contributed by atoms with Crippen LogP contribution in [0.1, 0.15) is 21.7 Å². The van der Waals surface area contributed by atoms with E-state index in [1.165, 1.54) is 6.26 Å². The van der Waals surface area contributed by atoms with E-state index in [0.717, 1.165) is 5.56 Å². The van der Waals surface area contributed by atoms with Gasteiger partial charge >= 0.3 is 0 Å². The van der Waals surface area contributed by atoms with Crippen LogP contribution in [0.3, 0.4) is 0 Å². The SMILES string of the molecule is Cc1ccc(NC(=O)c2ccco2)c(C#CCO)c1. The molecule has 0 aliphatic heterocycles. The smallest absolute Gasteiger partial charge is 0.291 e. The van der Waals surface area contributed by atoms with Crippen molar-refractivity contribution in [3.05, 3.63) is 53.5 Å². The molecule has 0 fully saturated rings. The highest BCUT2D eigenvalue weighted by Gasteiger charge is 2.10. The van der Waals surface area contributed by atoms with Gasteiger partial charge in [-0.1, -0.05) is 17.9 Å². The molecule has 2 N–H and O–H groups in total. The first kappa shape index (κ1) is 12.9. The number of carbonyl (C=O) groups excluding carboxylic acids is 1. The number of nitrogens with one attached hydrogen (secondary N) is 1. The molecule has 0 atom stereocenters. The minimum Gasteiger partial charge on any atom is -0.459 e. The van der Waals surface area contributed by atoms with E-state index in [1.807, 2.05) is 19.1 Å². The lowest BCUT2D eigenvalue weighted by atomic mass is 10.1. The molecule has 19 heavy (non-hydrogen) atoms. The van der Waals surface area contributed by atoms with Gasteiger partial charge in [0.05, 0.1) is 12.0 Å². The fraction of sp³-hybridized carbons (Fsp3) is 0.133. The number of benzene rings is 1. The fourth-order valence-electron chi connectivity index (χ4n) is 1.60. The van der Waals surface area contributed by atoms with Crippen LogP contribution in [0.5, 0.6) is 0 Å². The van der Waals surface area contributed by atoms with E-state index >= 15 is 0 Å². The maximum Gasteiger partial charge on any atom is 0.291 e. The van der Waals surface area contributed by atoms with E-state index in [1.54, 1.807) is 18.2 Å². The van der Waals surface area contributed by atoms with E-state index in [0.29, 0.717) is 11.3 Å². The number of hydrogen-bond donors (Lipinski definition) is 2. The van der Waals surface area contributed by atoms with Gasteiger partial charge < -0.3 is 14.8 Å². The van der Waals surface area contributed by atoms with E-state index in [4.69, 9.17) is 9.52 Å². The first-order valence-electron chi connectivity index (χ1n) is 5.76. The number of furan rings is 1. The Kier molecular flexibility index (Phi) is 4.01. The molecule has 0 saturated carbocycles. The molecule has 0 bridgehead atoms. The first-order chi connectivity index (χ1) is 9.20. The highest BCUT2D eigenvalue weighted by molar-refractivity contribution is 6.03. The third-order valence-corrected chi connectivity index (χ3v) is 2.47. The zero-order valence-corrected chi connectivity index (χ0v) is 10.4. The third-order valence-electron chi connectivity index (χ3n) is 2.47. The molecule has 0 unspecified atom stereocenters. The number of carbonyl (C=O) groups is 1. The Morgan fingerprint density at radius 2 is 2.26 bits per heavy atom. The van der Waals surface area contributed by atoms with Crippen LogP contribution in [0.4, 0.5) is 5.69 Å². The van der Waals surface area contributed by atoms with Gasteiger partial charge in [0.2, 0.25) is 0 Å². The standard InChI is InChI=1S/C15H13NO3/c1-11-6-7-13(12(10-11)4-2-8-17)16-15(18)14-5-3-9-19-14/h3,5-7,9-10,17H,8H2,1H3,(H,16,18). The van der Waals surface area contributed by atoms with Crippen LogP contribution in [0.15, 0.2) is 41.0 Å². The lowest BCUT2D eigenvalue weighted by Gasteiger charge is -2.07. The minimum absolute atomic E-state index is 0.223. The molecule has 0 aliphatic rings. The van der Waals surface area contributed by atoms with Gasteiger partial charge in [-0.2, -0.15) is 0 Å². The molecule has 0 radical (unpaired) electrons. The Bertz CT molecular complexity index is 633. The van der Waals surface area contributed by atoms with Crippen LogP contribution in [0.25, 0.3) is 0 Å². The molecule has 1 heterocycles. The number of aliphatic hydroxyl groups excluding tert-OH is 1. The molecule has 0 aliphatic carbocycles. The number of aliphatic hydroxyl groups is 1. The summed E-state index contributed by atoms with van der Waals surface area (Å²) >= 11 is 0. The lowest BCUT2D eigenvalue weighted by Crippen LogP contribution is -2.12. The summed E-state index contributed by atoms with van der Waals surface area (Å²) in [6, 6.07) is 8.74. The van der Waals surface area contributed by atoms with Crippen molar-refractivity contribution in [2.45, 2.75) is 6.92 Å². The third kappa shape index (κ3) is 3.24. The summed E-state index contributed by atoms with van der Waals surface area (Å²) in [6.45, 7) is 1.71. The molecule has 4 heteroatoms. The van der Waals surface area contributed by atoms with Gasteiger partial charge in [0.1, 0.15) is 6.61 Å². The van der Waals surface area contributed by atoms with Crippen molar-refractivity contribution in [1.29, 1.82) is 0 Å². The zero-order chi connectivity index (χ0) is 13.7. The molecule has 4 nitrogen and oxygen atoms in total. The van der Waals surface area contributed by atoms with Crippen LogP contribution < -0.4 is 5.32 Å². The van der Waals surface area contributed by atoms with Crippen molar-refractivity contribution in [2.24, 2.45) is 0 Å². The molecule has 1 amide bonds. The largest absolute Gasteiger partial charge is 0.459 e. The van der Waals surface area contributed by atoms with Crippen molar-refractivity contribution in [3.63, 3.8) is 0 Å². The van der Waals surface area contributed by atoms with Gasteiger partial charge in [0.15, 0.2) is 5.76 Å². The normalized spacial score (nSPS) is 9.58. The van der Waals surface area contributed by atoms with Crippen LogP contribution in [0, 0.1) is 18.8 Å². The molecular weight excluding hydrogens is 242 g/mol. The van der Waals surface area contributed by atoms with E-state index in [9.17, 15) is 4.79 Å². The maximum absolute atomic E-state index is 11.9. The summed E-state index contributed by atoms with van der Waals surface area (Å²) in [5.41, 5.74) is 2.28. The number of aryl methyl sites for hydroxylation is 1. The Labute approximate surface area is 111 Å². The zero-order valence-electron chi connectivity index (χ0n) is 10.4. The summed E-state index contributed by atoms with van der Waals surface area (Å²) in [5, 5.41) is 11.5. The van der Waals surface area contributed by atoms with Gasteiger partial charge in [-0.25, -0.2) is 0 Å². The summed E-state index contributed by atoms with van der Waals surface area (Å²) in [7, 11) is 0. The minimum atomic E-state index is -0.332. The Morgan fingerprint density at radius 1 is 1.42 bits per heavy atom. The highest BCUT2D eigenvalue weighted by atomic mass is 16.3. The number of hydrogen-bond acceptors (Lipinski definition) is 3. The maximum atomic E-state index is 11.9. The van der Waals surface area contributed by atoms with Gasteiger partial charge in [0, 0.05) is 5.56 Å². The topological polar surface area (TPSA) is 62.5 Å². The Morgan fingerprint density at radius 3 is 2.95 bits per heavy atom. The van der Waals surface area contributed by atoms with Crippen LogP contribution in [0.2, 0.25) is 0 Å². The summed E-state index contributed by atoms with van der Waals surface area (Å²) in [4.78, 5) is 11.9. The molecule has 0 spiro atoms. The predicted molar refractivity (Wildman–Crippen MR) is 71.8 cm³/mol. The van der Waals surface area contributed by atoms with Gasteiger partial charge in [-0.15, -0.1) is 0 Å². The molecular formula is C15H13NO3. The van der Waals surface area contributed by atoms with Crippen LogP contribution >= 0.6 is 0 Å². The van der Waals surface area contributed by atoms with Crippen molar-refractivity contribution in [1.82, 2.24) is 0 Å². The average molecular weight is 255 g/mol. The molecule has 1 aromatic heterocycles. The number of anilines is 1. The van der Waals surface area contributed by atoms with E-state index in [2.05, 4.69) is 17.2 Å². The van der Waals surface area contributed by atoms with Crippen molar-refractivity contribution in [3.8, 4) is 11.8 Å². The second-order valence-electron chi connectivity index (χ2n) is 3.94. The van der Waals surface area contributed by atoms with Gasteiger partial charge in [-0.3, -0.25) is 4.79 Å². The van der Waals surface area contributed by atoms with Crippen molar-refractivity contribution >= 4 is 11.6 Å². The predicted octanol–water partition coefficient (Wildman–Crippen LogP) is 2.18. The molecule has 96 valence electrons. The van der Waals surface area contributed by atoms with Crippen molar-refractivity contribution < 1.29 is 14.3 Å². The molecule has 1 aromatic carbocycles. The summed E-state index contributed by atoms with van der Waals surface area (Å²) in [5.74, 6) is 5.29. The van der Waals surface area contributed by atoms with Crippen LogP contribution in [-0.4, -0.2) is 17.6 Å². The van der Waals surface area contributed by atoms with Gasteiger partial charge in [0.25, 0.3) is 5.91 Å². The number of rotatable bonds is 2. The molecule has 0 saturated heterocycles. The van der Waals surface area contributed by atoms with Crippen LogP contribution in [-0.2, 0) is 0 Å². The lowest BCUT2D eigenvalue weighted by molar-refractivity contribution is 0.0996. The summed E-state index contributed by atoms with van der Waals surface area (Å²) < 4.78 is 5.02. The van der Waals surface area contributed by atoms with E-state index in [-0.39, 0.29) is 18.3 Å². The van der Waals surface area contributed by atoms with E-state index < -0.39 is 0 Å². The first-order valence-corrected chi connectivity index (χ1v) is 5.76. The average Bonchev–Trinajstić information content (AvgIpc) is 2.93. The second kappa shape index (κ2) is 5.89. The Balaban J connectivity index is 2.27. The fourth-order valence-corrected chi connectivity index (χ4v) is 1.60. The summed E-state index contributed by atoms with van der Waals surface area (Å²) in [6.07, 6.45) is 1.44. The molecule has 2 aromatic rings. The van der Waals surface area contributed by atoms with Gasteiger partial charge in [-0.05, 0) is 36.8 Å². The second-order valence-corrected chi connectivity index (χ2v) is 3.94. The highest BCUT2D eigenvalue weighted by Crippen LogP contribution is 2.17. The molecule has 2 rings (SSSR count).